The molecule has 0 unspecified atom stereocenters. The Kier molecular flexibility index (Phi) is 2.06. The van der Waals surface area contributed by atoms with Gasteiger partial charge in [0, 0.05) is 6.07 Å². The second-order valence-corrected chi connectivity index (χ2v) is 2.29. The molecule has 4 N–H and O–H groups in total. The second kappa shape index (κ2) is 3.01. The molecule has 0 heterocycles. The Balaban J connectivity index is 3.30. The minimum atomic E-state index is 0.371. The number of hydrogen-bond acceptors (Lipinski definition) is 4. The third kappa shape index (κ3) is 1.25. The van der Waals surface area contributed by atoms with Crippen molar-refractivity contribution in [1.82, 2.24) is 0 Å². The van der Waals surface area contributed by atoms with E-state index in [2.05, 4.69) is 0 Å². The molecule has 0 atom stereocenters. The highest BCUT2D eigenvalue weighted by Gasteiger charge is 2.04. The molecule has 0 aliphatic carbocycles. The lowest BCUT2D eigenvalue weighted by molar-refractivity contribution is 0.417. The molecule has 0 saturated heterocycles. The van der Waals surface area contributed by atoms with Gasteiger partial charge in [-0.2, -0.15) is 5.26 Å². The lowest BCUT2D eigenvalue weighted by Crippen LogP contribution is -1.97. The molecule has 0 aliphatic heterocycles. The van der Waals surface area contributed by atoms with Gasteiger partial charge < -0.3 is 16.2 Å². The standard InChI is InChI=1S/C8H9N3O/c1-12-8-2-5(4-9)6(10)3-7(8)11/h2-3H,10-11H2,1H3. The van der Waals surface area contributed by atoms with E-state index < -0.39 is 0 Å². The van der Waals surface area contributed by atoms with E-state index >= 15 is 0 Å². The summed E-state index contributed by atoms with van der Waals surface area (Å²) in [5.74, 6) is 0.473. The summed E-state index contributed by atoms with van der Waals surface area (Å²) >= 11 is 0. The van der Waals surface area contributed by atoms with Crippen molar-refractivity contribution < 1.29 is 4.74 Å². The van der Waals surface area contributed by atoms with E-state index in [1.54, 1.807) is 0 Å². The summed E-state index contributed by atoms with van der Waals surface area (Å²) in [5, 5.41) is 8.60. The molecule has 12 heavy (non-hydrogen) atoms. The number of ether oxygens (including phenoxy) is 1. The van der Waals surface area contributed by atoms with Gasteiger partial charge in [-0.05, 0) is 6.07 Å². The van der Waals surface area contributed by atoms with Crippen LogP contribution >= 0.6 is 0 Å². The summed E-state index contributed by atoms with van der Waals surface area (Å²) in [6.45, 7) is 0. The molecule has 0 radical (unpaired) electrons. The van der Waals surface area contributed by atoms with Crippen molar-refractivity contribution in [3.8, 4) is 11.8 Å². The fourth-order valence-corrected chi connectivity index (χ4v) is 0.888. The smallest absolute Gasteiger partial charge is 0.143 e. The van der Waals surface area contributed by atoms with Crippen molar-refractivity contribution in [2.75, 3.05) is 18.6 Å². The zero-order valence-corrected chi connectivity index (χ0v) is 6.66. The summed E-state index contributed by atoms with van der Waals surface area (Å²) in [4.78, 5) is 0. The van der Waals surface area contributed by atoms with Crippen molar-refractivity contribution in [3.05, 3.63) is 17.7 Å². The Morgan fingerprint density at radius 3 is 2.50 bits per heavy atom. The molecular formula is C8H9N3O. The number of methoxy groups -OCH3 is 1. The number of rotatable bonds is 1. The van der Waals surface area contributed by atoms with Crippen LogP contribution in [0.25, 0.3) is 0 Å². The molecule has 0 aliphatic rings. The quantitative estimate of drug-likeness (QED) is 0.597. The molecule has 62 valence electrons. The number of hydrogen-bond donors (Lipinski definition) is 2. The summed E-state index contributed by atoms with van der Waals surface area (Å²) in [5.41, 5.74) is 12.2. The minimum Gasteiger partial charge on any atom is -0.495 e. The summed E-state index contributed by atoms with van der Waals surface area (Å²) < 4.78 is 4.91. The first-order valence-corrected chi connectivity index (χ1v) is 3.32. The first kappa shape index (κ1) is 8.21. The van der Waals surface area contributed by atoms with Crippen LogP contribution in [0.3, 0.4) is 0 Å². The SMILES string of the molecule is COc1cc(C#N)c(N)cc1N. The zero-order valence-electron chi connectivity index (χ0n) is 6.66. The maximum atomic E-state index is 8.60. The summed E-state index contributed by atoms with van der Waals surface area (Å²) in [6, 6.07) is 4.97. The lowest BCUT2D eigenvalue weighted by Gasteiger charge is -2.05. The van der Waals surface area contributed by atoms with Crippen LogP contribution in [0, 0.1) is 11.3 Å². The Hall–Kier alpha value is -1.89. The number of nitrogens with zero attached hydrogens (tertiary/aromatic N) is 1. The van der Waals surface area contributed by atoms with Crippen LogP contribution in [-0.4, -0.2) is 7.11 Å². The van der Waals surface area contributed by atoms with Crippen molar-refractivity contribution in [2.45, 2.75) is 0 Å². The molecule has 0 fully saturated rings. The highest BCUT2D eigenvalue weighted by atomic mass is 16.5. The summed E-state index contributed by atoms with van der Waals surface area (Å²) in [6.07, 6.45) is 0. The monoisotopic (exact) mass is 163 g/mol. The van der Waals surface area contributed by atoms with Gasteiger partial charge in [-0.15, -0.1) is 0 Å². The normalized spacial score (nSPS) is 9.00. The third-order valence-corrected chi connectivity index (χ3v) is 1.52. The number of anilines is 2. The van der Waals surface area contributed by atoms with Crippen LogP contribution in [0.2, 0.25) is 0 Å². The van der Waals surface area contributed by atoms with E-state index in [0.717, 1.165) is 0 Å². The molecule has 4 heteroatoms. The van der Waals surface area contributed by atoms with Crippen molar-refractivity contribution in [3.63, 3.8) is 0 Å². The van der Waals surface area contributed by atoms with Crippen LogP contribution in [-0.2, 0) is 0 Å². The molecule has 0 aromatic heterocycles. The highest BCUT2D eigenvalue weighted by molar-refractivity contribution is 5.67. The average Bonchev–Trinajstić information content (AvgIpc) is 2.05. The van der Waals surface area contributed by atoms with Gasteiger partial charge in [0.25, 0.3) is 0 Å². The van der Waals surface area contributed by atoms with Gasteiger partial charge in [-0.3, -0.25) is 0 Å². The van der Waals surface area contributed by atoms with Crippen LogP contribution < -0.4 is 16.2 Å². The number of benzene rings is 1. The van der Waals surface area contributed by atoms with Crippen LogP contribution in [0.5, 0.6) is 5.75 Å². The molecule has 0 amide bonds. The second-order valence-electron chi connectivity index (χ2n) is 2.29. The third-order valence-electron chi connectivity index (χ3n) is 1.52. The average molecular weight is 163 g/mol. The zero-order chi connectivity index (χ0) is 9.14. The Bertz CT molecular complexity index is 341. The predicted octanol–water partition coefficient (Wildman–Crippen LogP) is 0.731. The van der Waals surface area contributed by atoms with Gasteiger partial charge in [0.05, 0.1) is 24.0 Å². The largest absolute Gasteiger partial charge is 0.495 e. The van der Waals surface area contributed by atoms with Gasteiger partial charge in [0.1, 0.15) is 11.8 Å². The van der Waals surface area contributed by atoms with Crippen molar-refractivity contribution >= 4 is 11.4 Å². The molecule has 0 bridgehead atoms. The highest BCUT2D eigenvalue weighted by Crippen LogP contribution is 2.26. The predicted molar refractivity (Wildman–Crippen MR) is 46.5 cm³/mol. The lowest BCUT2D eigenvalue weighted by atomic mass is 10.1. The van der Waals surface area contributed by atoms with Gasteiger partial charge in [-0.25, -0.2) is 0 Å². The van der Waals surface area contributed by atoms with E-state index in [9.17, 15) is 0 Å². The molecule has 1 aromatic carbocycles. The molecule has 0 spiro atoms. The van der Waals surface area contributed by atoms with E-state index in [1.165, 1.54) is 19.2 Å². The number of nitriles is 1. The Morgan fingerprint density at radius 1 is 1.33 bits per heavy atom. The van der Waals surface area contributed by atoms with Crippen LogP contribution in [0.1, 0.15) is 5.56 Å². The van der Waals surface area contributed by atoms with Gasteiger partial charge in [-0.1, -0.05) is 0 Å². The molecule has 0 saturated carbocycles. The number of nitrogen functional groups attached to an aromatic ring is 2. The van der Waals surface area contributed by atoms with Crippen LogP contribution in [0.15, 0.2) is 12.1 Å². The van der Waals surface area contributed by atoms with E-state index in [1.807, 2.05) is 6.07 Å². The molecule has 1 aromatic rings. The van der Waals surface area contributed by atoms with Gasteiger partial charge in [0.2, 0.25) is 0 Å². The first-order chi connectivity index (χ1) is 5.69. The fourth-order valence-electron chi connectivity index (χ4n) is 0.888. The fraction of sp³-hybridized carbons (Fsp3) is 0.125. The van der Waals surface area contributed by atoms with E-state index in [0.29, 0.717) is 22.7 Å². The first-order valence-electron chi connectivity index (χ1n) is 3.32. The molecular weight excluding hydrogens is 154 g/mol. The van der Waals surface area contributed by atoms with Crippen molar-refractivity contribution in [1.29, 1.82) is 5.26 Å². The minimum absolute atomic E-state index is 0.371. The molecule has 4 nitrogen and oxygen atoms in total. The van der Waals surface area contributed by atoms with Crippen molar-refractivity contribution in [2.24, 2.45) is 0 Å². The maximum absolute atomic E-state index is 8.60. The Morgan fingerprint density at radius 2 is 2.00 bits per heavy atom. The van der Waals surface area contributed by atoms with E-state index in [-0.39, 0.29) is 0 Å². The molecule has 1 rings (SSSR count). The van der Waals surface area contributed by atoms with Gasteiger partial charge >= 0.3 is 0 Å². The Labute approximate surface area is 70.3 Å². The van der Waals surface area contributed by atoms with E-state index in [4.69, 9.17) is 21.5 Å². The van der Waals surface area contributed by atoms with Crippen LogP contribution in [0.4, 0.5) is 11.4 Å². The van der Waals surface area contributed by atoms with Gasteiger partial charge in [0.15, 0.2) is 0 Å². The topological polar surface area (TPSA) is 85.1 Å². The number of nitrogens with two attached hydrogens (primary N) is 2. The maximum Gasteiger partial charge on any atom is 0.143 e. The summed E-state index contributed by atoms with van der Waals surface area (Å²) in [7, 11) is 1.49.